The van der Waals surface area contributed by atoms with E-state index in [1.54, 1.807) is 11.8 Å². The van der Waals surface area contributed by atoms with Gasteiger partial charge in [0.25, 0.3) is 5.91 Å². The second-order valence-electron chi connectivity index (χ2n) is 5.90. The molecule has 0 radical (unpaired) electrons. The molecule has 1 amide bonds. The average molecular weight is 355 g/mol. The fraction of sp³-hybridized carbons (Fsp3) is 0.647. The normalized spacial score (nSPS) is 14.9. The highest BCUT2D eigenvalue weighted by molar-refractivity contribution is 7.14. The Morgan fingerprint density at radius 1 is 1.50 bits per heavy atom. The van der Waals surface area contributed by atoms with E-state index in [-0.39, 0.29) is 12.5 Å². The number of fused-ring (bicyclic) bond motifs is 1. The summed E-state index contributed by atoms with van der Waals surface area (Å²) in [5.74, 6) is -1.59. The number of ether oxygens (including phenoxy) is 2. The van der Waals surface area contributed by atoms with Crippen LogP contribution in [0.3, 0.4) is 0 Å². The molecule has 1 aromatic heterocycles. The van der Waals surface area contributed by atoms with Crippen molar-refractivity contribution in [2.45, 2.75) is 33.3 Å². The van der Waals surface area contributed by atoms with Crippen molar-refractivity contribution < 1.29 is 24.2 Å². The number of thiophene rings is 1. The van der Waals surface area contributed by atoms with Gasteiger partial charge in [0, 0.05) is 37.6 Å². The van der Waals surface area contributed by atoms with E-state index in [4.69, 9.17) is 14.6 Å². The van der Waals surface area contributed by atoms with Crippen molar-refractivity contribution in [3.63, 3.8) is 0 Å². The highest BCUT2D eigenvalue weighted by Gasteiger charge is 2.24. The number of aliphatic carboxylic acids is 1. The molecule has 1 unspecified atom stereocenters. The summed E-state index contributed by atoms with van der Waals surface area (Å²) in [7, 11) is 0. The molecule has 0 fully saturated rings. The van der Waals surface area contributed by atoms with E-state index < -0.39 is 11.9 Å². The molecule has 0 saturated heterocycles. The van der Waals surface area contributed by atoms with E-state index in [2.05, 4.69) is 0 Å². The first-order valence-electron chi connectivity index (χ1n) is 8.32. The molecule has 1 N–H and O–H groups in total. The van der Waals surface area contributed by atoms with Gasteiger partial charge in [0.15, 0.2) is 0 Å². The van der Waals surface area contributed by atoms with Crippen LogP contribution in [0.25, 0.3) is 0 Å². The quantitative estimate of drug-likeness (QED) is 0.689. The number of carbonyl (C=O) groups excluding carboxylic acids is 1. The summed E-state index contributed by atoms with van der Waals surface area (Å²) in [5, 5.41) is 9.15. The maximum atomic E-state index is 12.8. The van der Waals surface area contributed by atoms with Crippen LogP contribution in [0.15, 0.2) is 6.07 Å². The molecular weight excluding hydrogens is 330 g/mol. The fourth-order valence-electron chi connectivity index (χ4n) is 2.59. The summed E-state index contributed by atoms with van der Waals surface area (Å²) >= 11 is 1.50. The van der Waals surface area contributed by atoms with Crippen molar-refractivity contribution in [2.75, 3.05) is 32.9 Å². The molecule has 1 aliphatic rings. The largest absolute Gasteiger partial charge is 0.481 e. The van der Waals surface area contributed by atoms with Crippen molar-refractivity contribution >= 4 is 23.2 Å². The van der Waals surface area contributed by atoms with Crippen molar-refractivity contribution in [2.24, 2.45) is 5.92 Å². The smallest absolute Gasteiger partial charge is 0.308 e. The molecule has 24 heavy (non-hydrogen) atoms. The molecule has 0 aromatic carbocycles. The minimum atomic E-state index is -0.892. The lowest BCUT2D eigenvalue weighted by Crippen LogP contribution is -2.37. The third-order valence-electron chi connectivity index (χ3n) is 3.96. The molecule has 7 heteroatoms. The minimum Gasteiger partial charge on any atom is -0.481 e. The van der Waals surface area contributed by atoms with Gasteiger partial charge in [-0.25, -0.2) is 0 Å². The Hall–Kier alpha value is -1.44. The SMILES string of the molecule is CCOCCCN(CC(C)C(=O)O)C(=O)c1cc2c(s1)CCOC2. The van der Waals surface area contributed by atoms with Crippen LogP contribution in [0.1, 0.15) is 40.4 Å². The van der Waals surface area contributed by atoms with E-state index in [1.165, 1.54) is 16.2 Å². The molecule has 0 spiro atoms. The molecule has 1 aliphatic heterocycles. The molecule has 134 valence electrons. The van der Waals surface area contributed by atoms with Crippen molar-refractivity contribution in [1.29, 1.82) is 0 Å². The van der Waals surface area contributed by atoms with Gasteiger partial charge in [0.2, 0.25) is 0 Å². The van der Waals surface area contributed by atoms with Gasteiger partial charge in [-0.3, -0.25) is 9.59 Å². The van der Waals surface area contributed by atoms with Gasteiger partial charge in [-0.15, -0.1) is 11.3 Å². The maximum absolute atomic E-state index is 12.8. The molecule has 2 heterocycles. The van der Waals surface area contributed by atoms with Crippen molar-refractivity contribution in [1.82, 2.24) is 4.90 Å². The zero-order valence-corrected chi connectivity index (χ0v) is 15.1. The van der Waals surface area contributed by atoms with Gasteiger partial charge in [-0.05, 0) is 25.0 Å². The van der Waals surface area contributed by atoms with Crippen LogP contribution in [0.4, 0.5) is 0 Å². The van der Waals surface area contributed by atoms with Crippen LogP contribution in [-0.4, -0.2) is 54.8 Å². The van der Waals surface area contributed by atoms with E-state index in [0.717, 1.165) is 12.0 Å². The van der Waals surface area contributed by atoms with Crippen LogP contribution in [-0.2, 0) is 27.3 Å². The topological polar surface area (TPSA) is 76.1 Å². The Bertz CT molecular complexity index is 548. The highest BCUT2D eigenvalue weighted by Crippen LogP contribution is 2.28. The predicted octanol–water partition coefficient (Wildman–Crippen LogP) is 2.41. The third-order valence-corrected chi connectivity index (χ3v) is 5.19. The van der Waals surface area contributed by atoms with Crippen LogP contribution in [0.5, 0.6) is 0 Å². The number of amides is 1. The summed E-state index contributed by atoms with van der Waals surface area (Å²) in [4.78, 5) is 27.5. The summed E-state index contributed by atoms with van der Waals surface area (Å²) in [5.41, 5.74) is 1.08. The zero-order valence-electron chi connectivity index (χ0n) is 14.2. The standard InChI is InChI=1S/C17H25NO5S/c1-3-22-7-4-6-18(10-12(2)17(20)21)16(19)15-9-13-11-23-8-5-14(13)24-15/h9,12H,3-8,10-11H2,1-2H3,(H,20,21). The molecule has 0 aliphatic carbocycles. The molecule has 1 aromatic rings. The number of hydrogen-bond donors (Lipinski definition) is 1. The van der Waals surface area contributed by atoms with E-state index in [1.807, 2.05) is 13.0 Å². The van der Waals surface area contributed by atoms with Crippen LogP contribution in [0, 0.1) is 5.92 Å². The van der Waals surface area contributed by atoms with Gasteiger partial charge in [0.05, 0.1) is 24.0 Å². The van der Waals surface area contributed by atoms with E-state index >= 15 is 0 Å². The van der Waals surface area contributed by atoms with Crippen LogP contribution in [0.2, 0.25) is 0 Å². The van der Waals surface area contributed by atoms with Crippen molar-refractivity contribution in [3.05, 3.63) is 21.4 Å². The minimum absolute atomic E-state index is 0.0981. The first-order chi connectivity index (χ1) is 11.5. The summed E-state index contributed by atoms with van der Waals surface area (Å²) in [6.07, 6.45) is 1.53. The highest BCUT2D eigenvalue weighted by atomic mass is 32.1. The molecule has 1 atom stereocenters. The number of rotatable bonds is 9. The van der Waals surface area contributed by atoms with Gasteiger partial charge >= 0.3 is 5.97 Å². The van der Waals surface area contributed by atoms with Gasteiger partial charge in [0.1, 0.15) is 0 Å². The molecule has 6 nitrogen and oxygen atoms in total. The van der Waals surface area contributed by atoms with Gasteiger partial charge < -0.3 is 19.5 Å². The molecule has 2 rings (SSSR count). The Balaban J connectivity index is 2.07. The zero-order chi connectivity index (χ0) is 17.5. The van der Waals surface area contributed by atoms with Gasteiger partial charge in [-0.2, -0.15) is 0 Å². The van der Waals surface area contributed by atoms with Gasteiger partial charge in [-0.1, -0.05) is 6.92 Å². The molecular formula is C17H25NO5S. The van der Waals surface area contributed by atoms with Crippen LogP contribution < -0.4 is 0 Å². The second kappa shape index (κ2) is 9.15. The number of hydrogen-bond acceptors (Lipinski definition) is 5. The maximum Gasteiger partial charge on any atom is 0.308 e. The Kier molecular flexibility index (Phi) is 7.20. The number of nitrogens with zero attached hydrogens (tertiary/aromatic N) is 1. The first kappa shape index (κ1) is 18.9. The first-order valence-corrected chi connectivity index (χ1v) is 9.13. The summed E-state index contributed by atoms with van der Waals surface area (Å²) < 4.78 is 10.7. The Morgan fingerprint density at radius 2 is 2.29 bits per heavy atom. The van der Waals surface area contributed by atoms with E-state index in [9.17, 15) is 9.59 Å². The lowest BCUT2D eigenvalue weighted by molar-refractivity contribution is -0.141. The molecule has 0 saturated carbocycles. The lowest BCUT2D eigenvalue weighted by atomic mass is 10.1. The fourth-order valence-corrected chi connectivity index (χ4v) is 3.71. The summed E-state index contributed by atoms with van der Waals surface area (Å²) in [6.45, 7) is 6.69. The van der Waals surface area contributed by atoms with E-state index in [0.29, 0.717) is 44.3 Å². The molecule has 0 bridgehead atoms. The number of carboxylic acids is 1. The average Bonchev–Trinajstić information content (AvgIpc) is 3.00. The Morgan fingerprint density at radius 3 is 2.96 bits per heavy atom. The summed E-state index contributed by atoms with van der Waals surface area (Å²) in [6, 6.07) is 1.89. The number of carbonyl (C=O) groups is 2. The second-order valence-corrected chi connectivity index (χ2v) is 7.04. The number of carboxylic acid groups (broad SMARTS) is 1. The monoisotopic (exact) mass is 355 g/mol. The predicted molar refractivity (Wildman–Crippen MR) is 91.5 cm³/mol. The van der Waals surface area contributed by atoms with Crippen LogP contribution >= 0.6 is 11.3 Å². The Labute approximate surface area is 146 Å². The lowest BCUT2D eigenvalue weighted by Gasteiger charge is -2.24. The third kappa shape index (κ3) is 5.03. The van der Waals surface area contributed by atoms with Crippen molar-refractivity contribution in [3.8, 4) is 0 Å².